The molecular weight excluding hydrogens is 246 g/mol. The zero-order valence-electron chi connectivity index (χ0n) is 10.8. The largest absolute Gasteiger partial charge is 0.241 e. The van der Waals surface area contributed by atoms with E-state index in [0.717, 1.165) is 18.4 Å². The lowest BCUT2D eigenvalue weighted by Crippen LogP contribution is -2.37. The van der Waals surface area contributed by atoms with Crippen LogP contribution in [0.25, 0.3) is 0 Å². The number of rotatable bonds is 5. The summed E-state index contributed by atoms with van der Waals surface area (Å²) in [6.07, 6.45) is 4.19. The van der Waals surface area contributed by atoms with Gasteiger partial charge in [0, 0.05) is 6.04 Å². The Morgan fingerprint density at radius 1 is 1.33 bits per heavy atom. The van der Waals surface area contributed by atoms with Crippen LogP contribution >= 0.6 is 0 Å². The molecule has 0 saturated heterocycles. The molecule has 0 unspecified atom stereocenters. The quantitative estimate of drug-likeness (QED) is 0.832. The Kier molecular flexibility index (Phi) is 3.88. The van der Waals surface area contributed by atoms with Crippen molar-refractivity contribution in [3.05, 3.63) is 42.0 Å². The molecule has 98 valence electrons. The van der Waals surface area contributed by atoms with E-state index in [1.807, 2.05) is 26.0 Å². The number of nitrogens with one attached hydrogen (secondary N) is 1. The van der Waals surface area contributed by atoms with Gasteiger partial charge in [-0.3, -0.25) is 0 Å². The van der Waals surface area contributed by atoms with Crippen molar-refractivity contribution in [2.45, 2.75) is 37.6 Å². The molecule has 0 amide bonds. The highest BCUT2D eigenvalue weighted by Crippen LogP contribution is 2.36. The summed E-state index contributed by atoms with van der Waals surface area (Å²) in [6.45, 7) is 3.93. The van der Waals surface area contributed by atoms with Crippen molar-refractivity contribution in [1.29, 1.82) is 0 Å². The first-order valence-electron chi connectivity index (χ1n) is 6.25. The van der Waals surface area contributed by atoms with Gasteiger partial charge in [-0.05, 0) is 44.7 Å². The van der Waals surface area contributed by atoms with Crippen molar-refractivity contribution < 1.29 is 8.42 Å². The van der Waals surface area contributed by atoms with E-state index < -0.39 is 10.0 Å². The fourth-order valence-electron chi connectivity index (χ4n) is 2.00. The van der Waals surface area contributed by atoms with E-state index in [4.69, 9.17) is 0 Å². The molecule has 0 bridgehead atoms. The van der Waals surface area contributed by atoms with Gasteiger partial charge in [0.15, 0.2) is 0 Å². The normalized spacial score (nSPS) is 18.7. The molecule has 1 atom stereocenters. The highest BCUT2D eigenvalue weighted by molar-refractivity contribution is 7.89. The van der Waals surface area contributed by atoms with Crippen molar-refractivity contribution in [3.8, 4) is 0 Å². The minimum atomic E-state index is -3.41. The lowest BCUT2D eigenvalue weighted by molar-refractivity contribution is 0.547. The van der Waals surface area contributed by atoms with Crippen molar-refractivity contribution in [2.75, 3.05) is 0 Å². The Morgan fingerprint density at radius 2 is 1.94 bits per heavy atom. The molecule has 18 heavy (non-hydrogen) atoms. The third kappa shape index (κ3) is 3.00. The molecule has 1 saturated carbocycles. The number of hydrogen-bond donors (Lipinski definition) is 1. The standard InChI is InChI=1S/C14H19NO2S/c1-3-11(2)14(12-9-10-12)15-18(16,17)13-7-5-4-6-8-13/h3-8,12,14-15H,9-10H2,1-2H3/b11-3+/t14-/m0/s1. The van der Waals surface area contributed by atoms with Crippen LogP contribution in [0.1, 0.15) is 26.7 Å². The second kappa shape index (κ2) is 5.24. The van der Waals surface area contributed by atoms with Gasteiger partial charge < -0.3 is 0 Å². The monoisotopic (exact) mass is 265 g/mol. The van der Waals surface area contributed by atoms with Gasteiger partial charge in [0.25, 0.3) is 0 Å². The predicted molar refractivity (Wildman–Crippen MR) is 72.7 cm³/mol. The first-order chi connectivity index (χ1) is 8.54. The molecule has 1 N–H and O–H groups in total. The van der Waals surface area contributed by atoms with Gasteiger partial charge >= 0.3 is 0 Å². The van der Waals surface area contributed by atoms with Crippen LogP contribution in [0.4, 0.5) is 0 Å². The zero-order chi connectivity index (χ0) is 13.2. The Labute approximate surface area is 109 Å². The lowest BCUT2D eigenvalue weighted by Gasteiger charge is -2.19. The number of hydrogen-bond acceptors (Lipinski definition) is 2. The molecule has 0 aromatic heterocycles. The van der Waals surface area contributed by atoms with Crippen molar-refractivity contribution in [1.82, 2.24) is 4.72 Å². The van der Waals surface area contributed by atoms with E-state index in [-0.39, 0.29) is 6.04 Å². The SMILES string of the molecule is C/C=C(\C)[C@H](NS(=O)(=O)c1ccccc1)C1CC1. The first kappa shape index (κ1) is 13.3. The van der Waals surface area contributed by atoms with E-state index in [0.29, 0.717) is 10.8 Å². The smallest absolute Gasteiger partial charge is 0.207 e. The summed E-state index contributed by atoms with van der Waals surface area (Å²) in [7, 11) is -3.41. The number of benzene rings is 1. The van der Waals surface area contributed by atoms with Gasteiger partial charge in [-0.25, -0.2) is 13.1 Å². The maximum Gasteiger partial charge on any atom is 0.241 e. The van der Waals surface area contributed by atoms with Crippen LogP contribution in [0.5, 0.6) is 0 Å². The number of allylic oxidation sites excluding steroid dienone is 1. The van der Waals surface area contributed by atoms with Crippen molar-refractivity contribution >= 4 is 10.0 Å². The molecule has 1 aliphatic rings. The first-order valence-corrected chi connectivity index (χ1v) is 7.73. The van der Waals surface area contributed by atoms with Crippen LogP contribution in [0.3, 0.4) is 0 Å². The molecule has 1 aromatic rings. The minimum Gasteiger partial charge on any atom is -0.207 e. The predicted octanol–water partition coefficient (Wildman–Crippen LogP) is 2.71. The summed E-state index contributed by atoms with van der Waals surface area (Å²) in [6, 6.07) is 8.48. The van der Waals surface area contributed by atoms with E-state index in [9.17, 15) is 8.42 Å². The van der Waals surface area contributed by atoms with Crippen molar-refractivity contribution in [2.24, 2.45) is 5.92 Å². The van der Waals surface area contributed by atoms with E-state index in [1.54, 1.807) is 24.3 Å². The van der Waals surface area contributed by atoms with Gasteiger partial charge in [0.05, 0.1) is 4.90 Å². The highest BCUT2D eigenvalue weighted by Gasteiger charge is 2.34. The van der Waals surface area contributed by atoms with E-state index in [2.05, 4.69) is 4.72 Å². The minimum absolute atomic E-state index is 0.0554. The Balaban J connectivity index is 2.21. The second-order valence-electron chi connectivity index (χ2n) is 4.78. The van der Waals surface area contributed by atoms with Crippen molar-refractivity contribution in [3.63, 3.8) is 0 Å². The Bertz CT molecular complexity index is 530. The molecule has 4 heteroatoms. The van der Waals surface area contributed by atoms with Crippen LogP contribution < -0.4 is 4.72 Å². The van der Waals surface area contributed by atoms with E-state index >= 15 is 0 Å². The Hall–Kier alpha value is -1.13. The third-order valence-corrected chi connectivity index (χ3v) is 4.83. The Morgan fingerprint density at radius 3 is 2.44 bits per heavy atom. The van der Waals surface area contributed by atoms with Crippen LogP contribution in [-0.4, -0.2) is 14.5 Å². The average molecular weight is 265 g/mol. The molecule has 1 aromatic carbocycles. The van der Waals surface area contributed by atoms with Crippen LogP contribution in [-0.2, 0) is 10.0 Å². The van der Waals surface area contributed by atoms with Gasteiger partial charge in [0.1, 0.15) is 0 Å². The van der Waals surface area contributed by atoms with Gasteiger partial charge in [-0.1, -0.05) is 29.8 Å². The second-order valence-corrected chi connectivity index (χ2v) is 6.50. The molecular formula is C14H19NO2S. The highest BCUT2D eigenvalue weighted by atomic mass is 32.2. The zero-order valence-corrected chi connectivity index (χ0v) is 11.6. The molecule has 1 fully saturated rings. The van der Waals surface area contributed by atoms with Crippen LogP contribution in [0.15, 0.2) is 46.9 Å². The summed E-state index contributed by atoms with van der Waals surface area (Å²) in [5, 5.41) is 0. The molecule has 0 aliphatic heterocycles. The third-order valence-electron chi connectivity index (χ3n) is 3.37. The van der Waals surface area contributed by atoms with Gasteiger partial charge in [-0.2, -0.15) is 0 Å². The molecule has 2 rings (SSSR count). The average Bonchev–Trinajstić information content (AvgIpc) is 3.20. The topological polar surface area (TPSA) is 46.2 Å². The molecule has 0 heterocycles. The maximum absolute atomic E-state index is 12.3. The summed E-state index contributed by atoms with van der Waals surface area (Å²) < 4.78 is 27.3. The summed E-state index contributed by atoms with van der Waals surface area (Å²) in [5.74, 6) is 0.458. The maximum atomic E-state index is 12.3. The summed E-state index contributed by atoms with van der Waals surface area (Å²) >= 11 is 0. The summed E-state index contributed by atoms with van der Waals surface area (Å²) in [5.41, 5.74) is 1.09. The van der Waals surface area contributed by atoms with Gasteiger partial charge in [0.2, 0.25) is 10.0 Å². The molecule has 1 aliphatic carbocycles. The van der Waals surface area contributed by atoms with Gasteiger partial charge in [-0.15, -0.1) is 0 Å². The van der Waals surface area contributed by atoms with Crippen LogP contribution in [0, 0.1) is 5.92 Å². The number of sulfonamides is 1. The molecule has 3 nitrogen and oxygen atoms in total. The molecule has 0 spiro atoms. The lowest BCUT2D eigenvalue weighted by atomic mass is 10.1. The fraction of sp³-hybridized carbons (Fsp3) is 0.429. The fourth-order valence-corrected chi connectivity index (χ4v) is 3.37. The van der Waals surface area contributed by atoms with E-state index in [1.165, 1.54) is 0 Å². The molecule has 0 radical (unpaired) electrons. The summed E-state index contributed by atoms with van der Waals surface area (Å²) in [4.78, 5) is 0.333. The van der Waals surface area contributed by atoms with Crippen LogP contribution in [0.2, 0.25) is 0 Å².